The predicted octanol–water partition coefficient (Wildman–Crippen LogP) is 0.449. The summed E-state index contributed by atoms with van der Waals surface area (Å²) in [6, 6.07) is 5.36. The highest BCUT2D eigenvalue weighted by Gasteiger charge is 2.09. The fraction of sp³-hybridized carbons (Fsp3) is 0.417. The second-order valence-corrected chi connectivity index (χ2v) is 3.91. The number of carbonyl (C=O) groups excluding carboxylic acids is 1. The van der Waals surface area contributed by atoms with Gasteiger partial charge in [0, 0.05) is 6.04 Å². The van der Waals surface area contributed by atoms with E-state index in [-0.39, 0.29) is 12.6 Å². The van der Waals surface area contributed by atoms with Gasteiger partial charge in [0.25, 0.3) is 5.91 Å². The number of rotatable bonds is 6. The lowest BCUT2D eigenvalue weighted by molar-refractivity contribution is -0.119. The first-order chi connectivity index (χ1) is 8.02. The molecule has 0 aliphatic rings. The molecule has 5 nitrogen and oxygen atoms in total. The van der Waals surface area contributed by atoms with Crippen molar-refractivity contribution in [3.8, 4) is 11.5 Å². The Morgan fingerprint density at radius 2 is 2.18 bits per heavy atom. The van der Waals surface area contributed by atoms with Crippen LogP contribution in [-0.4, -0.2) is 25.7 Å². The number of benzene rings is 1. The van der Waals surface area contributed by atoms with Crippen LogP contribution in [0.2, 0.25) is 0 Å². The van der Waals surface area contributed by atoms with E-state index in [0.717, 1.165) is 11.3 Å². The van der Waals surface area contributed by atoms with Gasteiger partial charge in [0.1, 0.15) is 11.5 Å². The van der Waals surface area contributed by atoms with Crippen LogP contribution in [0.4, 0.5) is 0 Å². The number of hydrogen-bond donors (Lipinski definition) is 2. The monoisotopic (exact) mass is 238 g/mol. The summed E-state index contributed by atoms with van der Waals surface area (Å²) in [7, 11) is 1.59. The van der Waals surface area contributed by atoms with Crippen molar-refractivity contribution < 1.29 is 14.3 Å². The maximum absolute atomic E-state index is 10.7. The Labute approximate surface area is 101 Å². The normalized spacial score (nSPS) is 11.9. The molecule has 1 atom stereocenters. The van der Waals surface area contributed by atoms with E-state index >= 15 is 0 Å². The van der Waals surface area contributed by atoms with Crippen molar-refractivity contribution in [3.05, 3.63) is 23.8 Å². The summed E-state index contributed by atoms with van der Waals surface area (Å²) in [5.41, 5.74) is 11.7. The number of carbonyl (C=O) groups is 1. The maximum atomic E-state index is 10.7. The molecule has 0 saturated heterocycles. The van der Waals surface area contributed by atoms with Gasteiger partial charge in [-0.05, 0) is 37.1 Å². The molecule has 1 rings (SSSR count). The zero-order valence-electron chi connectivity index (χ0n) is 10.1. The molecule has 0 saturated carbocycles. The number of nitrogens with two attached hydrogens (primary N) is 2. The average Bonchev–Trinajstić information content (AvgIpc) is 2.26. The van der Waals surface area contributed by atoms with Gasteiger partial charge in [-0.1, -0.05) is 0 Å². The molecular weight excluding hydrogens is 220 g/mol. The minimum Gasteiger partial charge on any atom is -0.497 e. The van der Waals surface area contributed by atoms with Crippen LogP contribution in [0.3, 0.4) is 0 Å². The highest BCUT2D eigenvalue weighted by Crippen LogP contribution is 2.25. The van der Waals surface area contributed by atoms with E-state index in [2.05, 4.69) is 0 Å². The summed E-state index contributed by atoms with van der Waals surface area (Å²) in [5, 5.41) is 0. The lowest BCUT2D eigenvalue weighted by atomic mass is 10.1. The van der Waals surface area contributed by atoms with E-state index in [9.17, 15) is 4.79 Å². The first-order valence-electron chi connectivity index (χ1n) is 5.36. The molecule has 1 aromatic rings. The molecule has 0 heterocycles. The Hall–Kier alpha value is -1.75. The van der Waals surface area contributed by atoms with Crippen LogP contribution in [0.15, 0.2) is 18.2 Å². The number of amides is 1. The van der Waals surface area contributed by atoms with Gasteiger partial charge >= 0.3 is 0 Å². The fourth-order valence-electron chi connectivity index (χ4n) is 1.48. The molecule has 0 fully saturated rings. The van der Waals surface area contributed by atoms with Crippen LogP contribution < -0.4 is 20.9 Å². The molecule has 0 aliphatic heterocycles. The van der Waals surface area contributed by atoms with E-state index < -0.39 is 5.91 Å². The lowest BCUT2D eigenvalue weighted by Gasteiger charge is -2.13. The summed E-state index contributed by atoms with van der Waals surface area (Å²) in [6.07, 6.45) is 0.644. The second kappa shape index (κ2) is 6.10. The van der Waals surface area contributed by atoms with Gasteiger partial charge in [0.2, 0.25) is 0 Å². The van der Waals surface area contributed by atoms with Crippen LogP contribution in [0, 0.1) is 0 Å². The van der Waals surface area contributed by atoms with Crippen molar-refractivity contribution in [1.82, 2.24) is 0 Å². The summed E-state index contributed by atoms with van der Waals surface area (Å²) in [5.74, 6) is 0.835. The van der Waals surface area contributed by atoms with Crippen LogP contribution in [0.1, 0.15) is 12.5 Å². The van der Waals surface area contributed by atoms with Crippen LogP contribution >= 0.6 is 0 Å². The molecule has 5 heteroatoms. The molecule has 1 aromatic carbocycles. The number of primary amides is 1. The predicted molar refractivity (Wildman–Crippen MR) is 65.0 cm³/mol. The van der Waals surface area contributed by atoms with Crippen molar-refractivity contribution in [3.63, 3.8) is 0 Å². The molecule has 0 radical (unpaired) electrons. The zero-order valence-corrected chi connectivity index (χ0v) is 10.1. The second-order valence-electron chi connectivity index (χ2n) is 3.91. The topological polar surface area (TPSA) is 87.6 Å². The van der Waals surface area contributed by atoms with Crippen LogP contribution in [0.25, 0.3) is 0 Å². The summed E-state index contributed by atoms with van der Waals surface area (Å²) >= 11 is 0. The minimum absolute atomic E-state index is 0.00182. The van der Waals surface area contributed by atoms with Gasteiger partial charge in [-0.25, -0.2) is 0 Å². The van der Waals surface area contributed by atoms with Crippen LogP contribution in [0.5, 0.6) is 11.5 Å². The first kappa shape index (κ1) is 13.3. The smallest absolute Gasteiger partial charge is 0.255 e. The Morgan fingerprint density at radius 1 is 1.47 bits per heavy atom. The van der Waals surface area contributed by atoms with Gasteiger partial charge in [0.05, 0.1) is 7.11 Å². The van der Waals surface area contributed by atoms with E-state index in [1.165, 1.54) is 0 Å². The van der Waals surface area contributed by atoms with E-state index in [4.69, 9.17) is 20.9 Å². The standard InChI is InChI=1S/C12H18N2O3/c1-8(13)5-9-6-10(16-2)3-4-11(9)17-7-12(14)15/h3-4,6,8H,5,7,13H2,1-2H3,(H2,14,15). The quantitative estimate of drug-likeness (QED) is 0.753. The zero-order chi connectivity index (χ0) is 12.8. The molecule has 1 amide bonds. The third-order valence-corrected chi connectivity index (χ3v) is 2.18. The van der Waals surface area contributed by atoms with Gasteiger partial charge in [-0.3, -0.25) is 4.79 Å². The SMILES string of the molecule is COc1ccc(OCC(N)=O)c(CC(C)N)c1. The van der Waals surface area contributed by atoms with E-state index in [1.807, 2.05) is 13.0 Å². The first-order valence-corrected chi connectivity index (χ1v) is 5.36. The number of hydrogen-bond acceptors (Lipinski definition) is 4. The maximum Gasteiger partial charge on any atom is 0.255 e. The van der Waals surface area contributed by atoms with Gasteiger partial charge in [0.15, 0.2) is 6.61 Å². The molecule has 0 bridgehead atoms. The van der Waals surface area contributed by atoms with Gasteiger partial charge in [-0.2, -0.15) is 0 Å². The molecule has 4 N–H and O–H groups in total. The molecule has 0 aromatic heterocycles. The summed E-state index contributed by atoms with van der Waals surface area (Å²) in [4.78, 5) is 10.7. The minimum atomic E-state index is -0.507. The molecular formula is C12H18N2O3. The Kier molecular flexibility index (Phi) is 4.78. The van der Waals surface area contributed by atoms with Gasteiger partial charge in [-0.15, -0.1) is 0 Å². The van der Waals surface area contributed by atoms with Crippen molar-refractivity contribution in [1.29, 1.82) is 0 Å². The van der Waals surface area contributed by atoms with Crippen molar-refractivity contribution in [2.45, 2.75) is 19.4 Å². The third kappa shape index (κ3) is 4.32. The molecule has 0 aliphatic carbocycles. The summed E-state index contributed by atoms with van der Waals surface area (Å²) in [6.45, 7) is 1.76. The number of ether oxygens (including phenoxy) is 2. The Balaban J connectivity index is 2.89. The lowest BCUT2D eigenvalue weighted by Crippen LogP contribution is -2.22. The largest absolute Gasteiger partial charge is 0.497 e. The molecule has 0 spiro atoms. The average molecular weight is 238 g/mol. The molecule has 94 valence electrons. The third-order valence-electron chi connectivity index (χ3n) is 2.18. The highest BCUT2D eigenvalue weighted by molar-refractivity contribution is 5.75. The Morgan fingerprint density at radius 3 is 2.71 bits per heavy atom. The van der Waals surface area contributed by atoms with E-state index in [1.54, 1.807) is 19.2 Å². The summed E-state index contributed by atoms with van der Waals surface area (Å²) < 4.78 is 10.4. The van der Waals surface area contributed by atoms with Crippen molar-refractivity contribution in [2.75, 3.05) is 13.7 Å². The van der Waals surface area contributed by atoms with E-state index in [0.29, 0.717) is 12.2 Å². The highest BCUT2D eigenvalue weighted by atomic mass is 16.5. The number of methoxy groups -OCH3 is 1. The molecule has 1 unspecified atom stereocenters. The fourth-order valence-corrected chi connectivity index (χ4v) is 1.48. The van der Waals surface area contributed by atoms with Gasteiger partial charge < -0.3 is 20.9 Å². The van der Waals surface area contributed by atoms with Crippen molar-refractivity contribution in [2.24, 2.45) is 11.5 Å². The van der Waals surface area contributed by atoms with Crippen molar-refractivity contribution >= 4 is 5.91 Å². The molecule has 17 heavy (non-hydrogen) atoms. The van der Waals surface area contributed by atoms with Crippen LogP contribution in [-0.2, 0) is 11.2 Å². The Bertz CT molecular complexity index is 391.